The number of hydrogen-bond donors (Lipinski definition) is 2. The second-order valence-electron chi connectivity index (χ2n) is 2.24. The summed E-state index contributed by atoms with van der Waals surface area (Å²) in [5.41, 5.74) is 1.20. The Morgan fingerprint density at radius 2 is 2.23 bits per heavy atom. The molecule has 0 bridgehead atoms. The van der Waals surface area contributed by atoms with E-state index in [1.807, 2.05) is 0 Å². The zero-order valence-corrected chi connectivity index (χ0v) is 6.50. The minimum absolute atomic E-state index is 0.275. The van der Waals surface area contributed by atoms with Crippen molar-refractivity contribution in [2.24, 2.45) is 5.84 Å². The van der Waals surface area contributed by atoms with Gasteiger partial charge in [0.1, 0.15) is 5.82 Å². The Morgan fingerprint density at radius 1 is 1.54 bits per heavy atom. The van der Waals surface area contributed by atoms with Gasteiger partial charge in [-0.3, -0.25) is 15.0 Å². The number of amides is 1. The molecular formula is C8H6FN2O2. The lowest BCUT2D eigenvalue weighted by Crippen LogP contribution is -2.30. The third kappa shape index (κ3) is 1.70. The van der Waals surface area contributed by atoms with E-state index in [1.165, 1.54) is 24.5 Å². The molecule has 0 atom stereocenters. The van der Waals surface area contributed by atoms with Gasteiger partial charge in [-0.05, 0) is 12.1 Å². The molecule has 0 saturated heterocycles. The van der Waals surface area contributed by atoms with Gasteiger partial charge in [0.2, 0.25) is 6.29 Å². The quantitative estimate of drug-likeness (QED) is 0.379. The van der Waals surface area contributed by atoms with Crippen LogP contribution in [0, 0.1) is 5.82 Å². The highest BCUT2D eigenvalue weighted by atomic mass is 19.1. The molecule has 5 heteroatoms. The number of rotatable bonds is 2. The topological polar surface area (TPSA) is 72.2 Å². The SMILES string of the molecule is NNC(=O)c1cccc([C]=O)c1F. The van der Waals surface area contributed by atoms with E-state index in [-0.39, 0.29) is 11.1 Å². The molecule has 1 rings (SSSR count). The van der Waals surface area contributed by atoms with Crippen LogP contribution in [0.15, 0.2) is 18.2 Å². The maximum absolute atomic E-state index is 13.1. The summed E-state index contributed by atoms with van der Waals surface area (Å²) in [6.45, 7) is 0. The van der Waals surface area contributed by atoms with Crippen molar-refractivity contribution in [3.8, 4) is 0 Å². The summed E-state index contributed by atoms with van der Waals surface area (Å²) in [6.07, 6.45) is 1.37. The third-order valence-corrected chi connectivity index (χ3v) is 1.48. The minimum atomic E-state index is -0.916. The summed E-state index contributed by atoms with van der Waals surface area (Å²) in [5.74, 6) is 3.10. The molecule has 0 aromatic heterocycles. The molecule has 0 spiro atoms. The van der Waals surface area contributed by atoms with Crippen molar-refractivity contribution in [1.29, 1.82) is 0 Å². The molecular weight excluding hydrogens is 175 g/mol. The summed E-state index contributed by atoms with van der Waals surface area (Å²) in [6, 6.07) is 3.81. The van der Waals surface area contributed by atoms with E-state index < -0.39 is 11.7 Å². The van der Waals surface area contributed by atoms with Crippen LogP contribution in [-0.2, 0) is 4.79 Å². The predicted octanol–water partition coefficient (Wildman–Crippen LogP) is -0.113. The number of hydrazine groups is 1. The highest BCUT2D eigenvalue weighted by molar-refractivity contribution is 5.95. The number of nitrogens with two attached hydrogens (primary N) is 1. The van der Waals surface area contributed by atoms with Crippen LogP contribution in [-0.4, -0.2) is 12.2 Å². The summed E-state index contributed by atoms with van der Waals surface area (Å²) < 4.78 is 13.1. The normalized spacial score (nSPS) is 9.38. The highest BCUT2D eigenvalue weighted by Crippen LogP contribution is 2.10. The Bertz CT molecular complexity index is 352. The Kier molecular flexibility index (Phi) is 2.71. The lowest BCUT2D eigenvalue weighted by atomic mass is 10.1. The van der Waals surface area contributed by atoms with E-state index in [1.54, 1.807) is 5.43 Å². The van der Waals surface area contributed by atoms with E-state index >= 15 is 0 Å². The lowest BCUT2D eigenvalue weighted by Gasteiger charge is -2.01. The van der Waals surface area contributed by atoms with Crippen molar-refractivity contribution in [2.75, 3.05) is 0 Å². The maximum atomic E-state index is 13.1. The van der Waals surface area contributed by atoms with Crippen LogP contribution in [0.4, 0.5) is 4.39 Å². The molecule has 1 aromatic carbocycles. The molecule has 0 unspecified atom stereocenters. The van der Waals surface area contributed by atoms with E-state index in [9.17, 15) is 14.0 Å². The van der Waals surface area contributed by atoms with E-state index in [2.05, 4.69) is 0 Å². The van der Waals surface area contributed by atoms with Gasteiger partial charge in [0.05, 0.1) is 11.1 Å². The second-order valence-corrected chi connectivity index (χ2v) is 2.24. The second kappa shape index (κ2) is 3.77. The zero-order chi connectivity index (χ0) is 9.84. The van der Waals surface area contributed by atoms with Gasteiger partial charge in [0.15, 0.2) is 0 Å². The molecule has 13 heavy (non-hydrogen) atoms. The van der Waals surface area contributed by atoms with Gasteiger partial charge in [0.25, 0.3) is 5.91 Å². The summed E-state index contributed by atoms with van der Waals surface area (Å²) >= 11 is 0. The van der Waals surface area contributed by atoms with Crippen molar-refractivity contribution >= 4 is 12.2 Å². The van der Waals surface area contributed by atoms with Gasteiger partial charge in [-0.1, -0.05) is 6.07 Å². The first-order chi connectivity index (χ1) is 6.20. The molecule has 0 saturated carbocycles. The van der Waals surface area contributed by atoms with Crippen LogP contribution in [0.1, 0.15) is 15.9 Å². The fraction of sp³-hybridized carbons (Fsp3) is 0. The number of hydrogen-bond acceptors (Lipinski definition) is 3. The largest absolute Gasteiger partial charge is 0.290 e. The molecule has 67 valence electrons. The number of carbonyl (C=O) groups is 1. The molecule has 0 heterocycles. The molecule has 1 radical (unpaired) electrons. The summed E-state index contributed by atoms with van der Waals surface area (Å²) in [4.78, 5) is 21.1. The number of halogens is 1. The predicted molar refractivity (Wildman–Crippen MR) is 42.8 cm³/mol. The summed E-state index contributed by atoms with van der Waals surface area (Å²) in [7, 11) is 0. The Balaban J connectivity index is 3.23. The van der Waals surface area contributed by atoms with Gasteiger partial charge >= 0.3 is 0 Å². The molecule has 1 amide bonds. The molecule has 4 nitrogen and oxygen atoms in total. The van der Waals surface area contributed by atoms with Gasteiger partial charge in [-0.25, -0.2) is 10.2 Å². The van der Waals surface area contributed by atoms with E-state index in [0.29, 0.717) is 0 Å². The van der Waals surface area contributed by atoms with E-state index in [4.69, 9.17) is 5.84 Å². The average Bonchev–Trinajstić information content (AvgIpc) is 2.17. The van der Waals surface area contributed by atoms with Crippen molar-refractivity contribution < 1.29 is 14.0 Å². The molecule has 1 aromatic rings. The van der Waals surface area contributed by atoms with Crippen LogP contribution in [0.3, 0.4) is 0 Å². The maximum Gasteiger partial charge on any atom is 0.268 e. The monoisotopic (exact) mass is 181 g/mol. The fourth-order valence-electron chi connectivity index (χ4n) is 0.864. The lowest BCUT2D eigenvalue weighted by molar-refractivity contribution is 0.0949. The smallest absolute Gasteiger partial charge is 0.268 e. The molecule has 0 fully saturated rings. The fourth-order valence-corrected chi connectivity index (χ4v) is 0.864. The van der Waals surface area contributed by atoms with Crippen molar-refractivity contribution in [2.45, 2.75) is 0 Å². The van der Waals surface area contributed by atoms with Crippen molar-refractivity contribution in [1.82, 2.24) is 5.43 Å². The van der Waals surface area contributed by atoms with Crippen LogP contribution >= 0.6 is 0 Å². The average molecular weight is 181 g/mol. The standard InChI is InChI=1S/C8H6FN2O2/c9-7-5(4-12)2-1-3-6(7)8(13)11-10/h1-3H,10H2,(H,11,13). The van der Waals surface area contributed by atoms with E-state index in [0.717, 1.165) is 0 Å². The first-order valence-electron chi connectivity index (χ1n) is 3.38. The number of nitrogens with one attached hydrogen (secondary N) is 1. The van der Waals surface area contributed by atoms with Gasteiger partial charge < -0.3 is 0 Å². The van der Waals surface area contributed by atoms with Crippen LogP contribution in [0.2, 0.25) is 0 Å². The number of benzene rings is 1. The summed E-state index contributed by atoms with van der Waals surface area (Å²) in [5, 5.41) is 0. The van der Waals surface area contributed by atoms with Crippen molar-refractivity contribution in [3.63, 3.8) is 0 Å². The zero-order valence-electron chi connectivity index (χ0n) is 6.50. The Morgan fingerprint density at radius 3 is 2.77 bits per heavy atom. The van der Waals surface area contributed by atoms with Crippen LogP contribution in [0.25, 0.3) is 0 Å². The molecule has 0 aliphatic rings. The Labute approximate surface area is 73.5 Å². The number of nitrogen functional groups attached to an aromatic ring is 1. The third-order valence-electron chi connectivity index (χ3n) is 1.48. The van der Waals surface area contributed by atoms with Gasteiger partial charge in [-0.2, -0.15) is 0 Å². The number of carbonyl (C=O) groups excluding carboxylic acids is 2. The van der Waals surface area contributed by atoms with Gasteiger partial charge in [0, 0.05) is 0 Å². The van der Waals surface area contributed by atoms with Crippen LogP contribution in [0.5, 0.6) is 0 Å². The highest BCUT2D eigenvalue weighted by Gasteiger charge is 2.13. The Hall–Kier alpha value is -1.75. The minimum Gasteiger partial charge on any atom is -0.290 e. The van der Waals surface area contributed by atoms with Crippen LogP contribution < -0.4 is 11.3 Å². The first-order valence-corrected chi connectivity index (χ1v) is 3.38. The molecule has 0 aliphatic carbocycles. The molecule has 0 aliphatic heterocycles. The first kappa shape index (κ1) is 9.34. The van der Waals surface area contributed by atoms with Gasteiger partial charge in [-0.15, -0.1) is 0 Å². The molecule has 3 N–H and O–H groups in total. The van der Waals surface area contributed by atoms with Crippen molar-refractivity contribution in [3.05, 3.63) is 35.1 Å².